The van der Waals surface area contributed by atoms with E-state index in [1.165, 1.54) is 5.56 Å². The van der Waals surface area contributed by atoms with E-state index in [1.807, 2.05) is 32.0 Å². The molecule has 1 fully saturated rings. The van der Waals surface area contributed by atoms with Crippen LogP contribution in [0.4, 0.5) is 0 Å². The van der Waals surface area contributed by atoms with E-state index >= 15 is 0 Å². The molecule has 5 nitrogen and oxygen atoms in total. The third kappa shape index (κ3) is 4.29. The van der Waals surface area contributed by atoms with Crippen LogP contribution in [0.5, 0.6) is 0 Å². The molecule has 0 spiro atoms. The van der Waals surface area contributed by atoms with Gasteiger partial charge in [0.25, 0.3) is 11.5 Å². The second-order valence-corrected chi connectivity index (χ2v) is 6.73. The van der Waals surface area contributed by atoms with Gasteiger partial charge < -0.3 is 9.88 Å². The zero-order valence-corrected chi connectivity index (χ0v) is 15.4. The van der Waals surface area contributed by atoms with Crippen molar-refractivity contribution in [3.05, 3.63) is 75.2 Å². The van der Waals surface area contributed by atoms with Crippen molar-refractivity contribution in [2.75, 3.05) is 32.7 Å². The Kier molecular flexibility index (Phi) is 5.68. The monoisotopic (exact) mass is 351 g/mol. The second kappa shape index (κ2) is 8.15. The summed E-state index contributed by atoms with van der Waals surface area (Å²) in [5.74, 6) is -0.172. The third-order valence-electron chi connectivity index (χ3n) is 4.86. The lowest BCUT2D eigenvalue weighted by Crippen LogP contribution is -2.49. The Morgan fingerprint density at radius 3 is 2.50 bits per heavy atom. The van der Waals surface area contributed by atoms with Crippen molar-refractivity contribution < 1.29 is 4.79 Å². The lowest BCUT2D eigenvalue weighted by molar-refractivity contribution is 0.0648. The largest absolute Gasteiger partial charge is 0.336 e. The van der Waals surface area contributed by atoms with E-state index in [0.29, 0.717) is 13.1 Å². The topological polar surface area (TPSA) is 56.4 Å². The second-order valence-electron chi connectivity index (χ2n) is 6.73. The predicted molar refractivity (Wildman–Crippen MR) is 104 cm³/mol. The van der Waals surface area contributed by atoms with Crippen molar-refractivity contribution in [2.45, 2.75) is 13.8 Å². The van der Waals surface area contributed by atoms with Gasteiger partial charge in [0, 0.05) is 38.4 Å². The lowest BCUT2D eigenvalue weighted by Gasteiger charge is -2.34. The molecule has 2 aromatic rings. The van der Waals surface area contributed by atoms with Gasteiger partial charge in [0.15, 0.2) is 0 Å². The minimum absolute atomic E-state index is 0.172. The maximum Gasteiger partial charge on any atom is 0.261 e. The van der Waals surface area contributed by atoms with Gasteiger partial charge in [0.05, 0.1) is 0 Å². The summed E-state index contributed by atoms with van der Waals surface area (Å²) in [5, 5.41) is 0. The number of hydrogen-bond acceptors (Lipinski definition) is 3. The normalized spacial score (nSPS) is 15.5. The number of nitrogens with zero attached hydrogens (tertiary/aromatic N) is 2. The van der Waals surface area contributed by atoms with Gasteiger partial charge in [0.1, 0.15) is 5.56 Å². The molecule has 1 aliphatic heterocycles. The van der Waals surface area contributed by atoms with Gasteiger partial charge in [-0.25, -0.2) is 0 Å². The fourth-order valence-electron chi connectivity index (χ4n) is 3.09. The Morgan fingerprint density at radius 2 is 1.81 bits per heavy atom. The number of amides is 1. The molecular formula is C21H25N3O2. The van der Waals surface area contributed by atoms with Crippen molar-refractivity contribution in [2.24, 2.45) is 0 Å². The fourth-order valence-corrected chi connectivity index (χ4v) is 3.09. The van der Waals surface area contributed by atoms with E-state index in [1.54, 1.807) is 11.0 Å². The van der Waals surface area contributed by atoms with Crippen molar-refractivity contribution in [3.8, 4) is 0 Å². The van der Waals surface area contributed by atoms with Crippen LogP contribution in [0.3, 0.4) is 0 Å². The number of carbonyl (C=O) groups is 1. The van der Waals surface area contributed by atoms with Crippen LogP contribution in [0.2, 0.25) is 0 Å². The first-order valence-corrected chi connectivity index (χ1v) is 8.98. The molecule has 1 saturated heterocycles. The number of carbonyl (C=O) groups excluding carboxylic acids is 1. The Morgan fingerprint density at radius 1 is 1.12 bits per heavy atom. The van der Waals surface area contributed by atoms with Crippen LogP contribution in [-0.2, 0) is 0 Å². The molecule has 1 aliphatic rings. The number of nitrogens with one attached hydrogen (secondary N) is 1. The number of hydrogen-bond donors (Lipinski definition) is 1. The molecule has 5 heteroatoms. The number of aromatic amines is 1. The Bertz CT molecular complexity index is 847. The smallest absolute Gasteiger partial charge is 0.261 e. The number of rotatable bonds is 4. The molecule has 0 unspecified atom stereocenters. The first-order chi connectivity index (χ1) is 12.5. The Labute approximate surface area is 154 Å². The molecule has 3 rings (SSSR count). The minimum atomic E-state index is -0.300. The fraction of sp³-hybridized carbons (Fsp3) is 0.333. The van der Waals surface area contributed by atoms with Gasteiger partial charge in [0.2, 0.25) is 0 Å². The van der Waals surface area contributed by atoms with Crippen LogP contribution in [0.15, 0.2) is 47.3 Å². The maximum atomic E-state index is 12.7. The zero-order valence-electron chi connectivity index (χ0n) is 15.4. The maximum absolute atomic E-state index is 12.7. The summed E-state index contributed by atoms with van der Waals surface area (Å²) >= 11 is 0. The molecule has 136 valence electrons. The van der Waals surface area contributed by atoms with E-state index in [4.69, 9.17) is 0 Å². The highest BCUT2D eigenvalue weighted by Gasteiger charge is 2.23. The summed E-state index contributed by atoms with van der Waals surface area (Å²) in [4.78, 5) is 31.6. The van der Waals surface area contributed by atoms with Gasteiger partial charge in [-0.2, -0.15) is 0 Å². The van der Waals surface area contributed by atoms with Crippen LogP contribution in [0.1, 0.15) is 27.2 Å². The summed E-state index contributed by atoms with van der Waals surface area (Å²) in [7, 11) is 0. The molecule has 1 N–H and O–H groups in total. The summed E-state index contributed by atoms with van der Waals surface area (Å²) in [6, 6.07) is 11.9. The van der Waals surface area contributed by atoms with Gasteiger partial charge in [-0.3, -0.25) is 14.5 Å². The van der Waals surface area contributed by atoms with Crippen LogP contribution >= 0.6 is 0 Å². The average Bonchev–Trinajstić information content (AvgIpc) is 2.66. The molecule has 0 atom stereocenters. The molecule has 26 heavy (non-hydrogen) atoms. The average molecular weight is 351 g/mol. The zero-order chi connectivity index (χ0) is 18.5. The first-order valence-electron chi connectivity index (χ1n) is 8.98. The first kappa shape index (κ1) is 18.1. The molecule has 1 aromatic carbocycles. The highest BCUT2D eigenvalue weighted by atomic mass is 16.2. The number of aromatic nitrogens is 1. The van der Waals surface area contributed by atoms with Gasteiger partial charge >= 0.3 is 0 Å². The standard InChI is InChI=1S/C21H25N3O2/c1-16-15-19(20(25)22-17(16)2)21(26)24-13-11-23(12-14-24)10-6-9-18-7-4-3-5-8-18/h3-9,15H,10-14H2,1-2H3,(H,22,25). The van der Waals surface area contributed by atoms with E-state index in [2.05, 4.69) is 34.2 Å². The molecular weight excluding hydrogens is 326 g/mol. The van der Waals surface area contributed by atoms with Crippen LogP contribution in [0.25, 0.3) is 6.08 Å². The highest BCUT2D eigenvalue weighted by molar-refractivity contribution is 5.94. The summed E-state index contributed by atoms with van der Waals surface area (Å²) < 4.78 is 0. The van der Waals surface area contributed by atoms with Gasteiger partial charge in [-0.1, -0.05) is 42.5 Å². The van der Waals surface area contributed by atoms with Crippen molar-refractivity contribution in [1.29, 1.82) is 0 Å². The van der Waals surface area contributed by atoms with Crippen molar-refractivity contribution in [3.63, 3.8) is 0 Å². The molecule has 0 aliphatic carbocycles. The minimum Gasteiger partial charge on any atom is -0.336 e. The van der Waals surface area contributed by atoms with E-state index < -0.39 is 0 Å². The highest BCUT2D eigenvalue weighted by Crippen LogP contribution is 2.09. The van der Waals surface area contributed by atoms with Crippen LogP contribution in [0, 0.1) is 13.8 Å². The van der Waals surface area contributed by atoms with E-state index in [9.17, 15) is 9.59 Å². The molecule has 2 heterocycles. The predicted octanol–water partition coefficient (Wildman–Crippen LogP) is 2.46. The van der Waals surface area contributed by atoms with Crippen LogP contribution in [-0.4, -0.2) is 53.4 Å². The summed E-state index contributed by atoms with van der Waals surface area (Å²) in [6.45, 7) is 7.52. The number of piperazine rings is 1. The summed E-state index contributed by atoms with van der Waals surface area (Å²) in [6.07, 6.45) is 4.27. The van der Waals surface area contributed by atoms with E-state index in [0.717, 1.165) is 30.9 Å². The SMILES string of the molecule is Cc1cc(C(=O)N2CCN(CC=Cc3ccccc3)CC2)c(=O)[nH]c1C. The Balaban J connectivity index is 1.55. The molecule has 1 amide bonds. The molecule has 0 bridgehead atoms. The number of H-pyrrole nitrogens is 1. The lowest BCUT2D eigenvalue weighted by atomic mass is 10.1. The summed E-state index contributed by atoms with van der Waals surface area (Å²) in [5.41, 5.74) is 2.87. The quantitative estimate of drug-likeness (QED) is 0.921. The van der Waals surface area contributed by atoms with Gasteiger partial charge in [-0.15, -0.1) is 0 Å². The number of benzene rings is 1. The Hall–Kier alpha value is -2.66. The van der Waals surface area contributed by atoms with Crippen molar-refractivity contribution >= 4 is 12.0 Å². The van der Waals surface area contributed by atoms with Crippen molar-refractivity contribution in [1.82, 2.24) is 14.8 Å². The van der Waals surface area contributed by atoms with E-state index in [-0.39, 0.29) is 17.0 Å². The van der Waals surface area contributed by atoms with Gasteiger partial charge in [-0.05, 0) is 31.0 Å². The number of aryl methyl sites for hydroxylation is 2. The molecule has 0 radical (unpaired) electrons. The number of pyridine rings is 1. The third-order valence-corrected chi connectivity index (χ3v) is 4.86. The molecule has 0 saturated carbocycles. The van der Waals surface area contributed by atoms with Crippen LogP contribution < -0.4 is 5.56 Å². The molecule has 1 aromatic heterocycles.